The van der Waals surface area contributed by atoms with Gasteiger partial charge >= 0.3 is 0 Å². The second-order valence-corrected chi connectivity index (χ2v) is 11.1. The monoisotopic (exact) mass is 562 g/mol. The first-order valence-corrected chi connectivity index (χ1v) is 15.0. The molecule has 0 saturated carbocycles. The van der Waals surface area contributed by atoms with Crippen molar-refractivity contribution in [2.24, 2.45) is 0 Å². The Kier molecular flexibility index (Phi) is 10.1. The quantitative estimate of drug-likeness (QED) is 0.318. The maximum Gasteiger partial charge on any atom is 0.267 e. The van der Waals surface area contributed by atoms with E-state index in [1.807, 2.05) is 57.2 Å². The van der Waals surface area contributed by atoms with E-state index in [2.05, 4.69) is 21.6 Å². The highest BCUT2D eigenvalue weighted by atomic mass is 32.2. The van der Waals surface area contributed by atoms with Gasteiger partial charge in [0.1, 0.15) is 21.9 Å². The van der Waals surface area contributed by atoms with E-state index in [9.17, 15) is 19.6 Å². The number of benzene rings is 2. The summed E-state index contributed by atoms with van der Waals surface area (Å²) in [4.78, 5) is 44.2. The zero-order valence-corrected chi connectivity index (χ0v) is 24.4. The molecule has 0 aliphatic carbocycles. The SMILES string of the molecule is CCN(CC)C(=O)/C(C#N)=C1\SC(CNc2ccc3cc(C(=O)NCCN4CCCC4)ccc3c2)C(=O)N1CC. The maximum atomic E-state index is 13.1. The number of hydrogen-bond acceptors (Lipinski definition) is 7. The summed E-state index contributed by atoms with van der Waals surface area (Å²) in [5.74, 6) is -0.527. The van der Waals surface area contributed by atoms with Crippen LogP contribution in [-0.4, -0.2) is 90.0 Å². The second kappa shape index (κ2) is 13.7. The van der Waals surface area contributed by atoms with Crippen molar-refractivity contribution < 1.29 is 14.4 Å². The molecule has 2 saturated heterocycles. The van der Waals surface area contributed by atoms with E-state index in [0.717, 1.165) is 36.1 Å². The molecule has 0 bridgehead atoms. The minimum Gasteiger partial charge on any atom is -0.383 e. The summed E-state index contributed by atoms with van der Waals surface area (Å²) >= 11 is 1.27. The van der Waals surface area contributed by atoms with E-state index < -0.39 is 5.25 Å². The Bertz CT molecular complexity index is 1330. The highest BCUT2D eigenvalue weighted by Gasteiger charge is 2.39. The fourth-order valence-electron chi connectivity index (χ4n) is 5.14. The molecule has 10 heteroatoms. The first-order chi connectivity index (χ1) is 19.4. The van der Waals surface area contributed by atoms with Crippen LogP contribution >= 0.6 is 11.8 Å². The Balaban J connectivity index is 1.40. The Morgan fingerprint density at radius 1 is 1.07 bits per heavy atom. The zero-order chi connectivity index (χ0) is 28.6. The van der Waals surface area contributed by atoms with E-state index in [0.29, 0.717) is 43.3 Å². The first-order valence-electron chi connectivity index (χ1n) is 14.1. The molecule has 4 rings (SSSR count). The zero-order valence-electron chi connectivity index (χ0n) is 23.5. The van der Waals surface area contributed by atoms with Gasteiger partial charge in [-0.15, -0.1) is 0 Å². The number of nitrogens with zero attached hydrogens (tertiary/aromatic N) is 4. The summed E-state index contributed by atoms with van der Waals surface area (Å²) in [5.41, 5.74) is 1.51. The molecule has 0 radical (unpaired) electrons. The molecule has 1 atom stereocenters. The van der Waals surface area contributed by atoms with Crippen molar-refractivity contribution >= 4 is 45.9 Å². The van der Waals surface area contributed by atoms with Gasteiger partial charge in [-0.05, 0) is 81.7 Å². The number of hydrogen-bond donors (Lipinski definition) is 2. The third-order valence-electron chi connectivity index (χ3n) is 7.45. The molecule has 9 nitrogen and oxygen atoms in total. The van der Waals surface area contributed by atoms with Gasteiger partial charge < -0.3 is 25.3 Å². The number of anilines is 1. The number of carbonyl (C=O) groups is 3. The minimum absolute atomic E-state index is 0.0213. The Hall–Kier alpha value is -3.55. The number of likely N-dealkylation sites (N-methyl/N-ethyl adjacent to an activating group) is 1. The second-order valence-electron chi connectivity index (χ2n) is 9.92. The van der Waals surface area contributed by atoms with Crippen molar-refractivity contribution in [1.82, 2.24) is 20.0 Å². The lowest BCUT2D eigenvalue weighted by atomic mass is 10.1. The molecule has 2 N–H and O–H groups in total. The highest BCUT2D eigenvalue weighted by Crippen LogP contribution is 2.37. The molecule has 212 valence electrons. The van der Waals surface area contributed by atoms with E-state index in [1.54, 1.807) is 4.90 Å². The molecule has 2 fully saturated rings. The van der Waals surface area contributed by atoms with Gasteiger partial charge in [-0.25, -0.2) is 0 Å². The molecule has 1 unspecified atom stereocenters. The Morgan fingerprint density at radius 3 is 2.45 bits per heavy atom. The smallest absolute Gasteiger partial charge is 0.267 e. The number of nitrogens with one attached hydrogen (secondary N) is 2. The first kappa shape index (κ1) is 29.4. The number of fused-ring (bicyclic) bond motifs is 1. The van der Waals surface area contributed by atoms with Gasteiger partial charge in [-0.1, -0.05) is 23.9 Å². The highest BCUT2D eigenvalue weighted by molar-refractivity contribution is 8.04. The van der Waals surface area contributed by atoms with Crippen LogP contribution in [0.5, 0.6) is 0 Å². The number of thioether (sulfide) groups is 1. The van der Waals surface area contributed by atoms with Gasteiger partial charge in [0.15, 0.2) is 0 Å². The van der Waals surface area contributed by atoms with Crippen LogP contribution in [-0.2, 0) is 9.59 Å². The van der Waals surface area contributed by atoms with Crippen molar-refractivity contribution in [3.63, 3.8) is 0 Å². The third-order valence-corrected chi connectivity index (χ3v) is 8.75. The molecule has 3 amide bonds. The van der Waals surface area contributed by atoms with E-state index in [4.69, 9.17) is 0 Å². The lowest BCUT2D eigenvalue weighted by molar-refractivity contribution is -0.127. The summed E-state index contributed by atoms with van der Waals surface area (Å²) < 4.78 is 0. The Labute approximate surface area is 240 Å². The third kappa shape index (κ3) is 6.60. The van der Waals surface area contributed by atoms with Crippen LogP contribution in [0.3, 0.4) is 0 Å². The van der Waals surface area contributed by atoms with Gasteiger partial charge in [0.05, 0.1) is 0 Å². The van der Waals surface area contributed by atoms with Gasteiger partial charge in [-0.2, -0.15) is 5.26 Å². The van der Waals surface area contributed by atoms with Crippen molar-refractivity contribution in [3.05, 3.63) is 52.6 Å². The fraction of sp³-hybridized carbons (Fsp3) is 0.467. The molecule has 2 aliphatic rings. The van der Waals surface area contributed by atoms with Gasteiger partial charge in [-0.3, -0.25) is 14.4 Å². The predicted octanol–water partition coefficient (Wildman–Crippen LogP) is 3.64. The average molecular weight is 563 g/mol. The van der Waals surface area contributed by atoms with Gasteiger partial charge in [0.2, 0.25) is 5.91 Å². The molecule has 0 spiro atoms. The van der Waals surface area contributed by atoms with E-state index in [1.165, 1.54) is 29.5 Å². The summed E-state index contributed by atoms with van der Waals surface area (Å²) in [6.45, 7) is 11.1. The van der Waals surface area contributed by atoms with Crippen LogP contribution < -0.4 is 10.6 Å². The standard InChI is InChI=1S/C30H38N6O3S/c1-4-35(5-2)28(38)25(19-31)30-36(6-3)29(39)26(40-30)20-33-24-12-11-21-17-23(10-9-22(21)18-24)27(37)32-13-16-34-14-7-8-15-34/h9-12,17-18,26,33H,4-8,13-16,20H2,1-3H3,(H,32,37)/b30-25-. The van der Waals surface area contributed by atoms with Crippen LogP contribution in [0.2, 0.25) is 0 Å². The number of nitriles is 1. The van der Waals surface area contributed by atoms with Crippen molar-refractivity contribution in [3.8, 4) is 6.07 Å². The molecule has 2 aromatic rings. The number of likely N-dealkylation sites (tertiary alicyclic amines) is 1. The van der Waals surface area contributed by atoms with Crippen molar-refractivity contribution in [2.75, 3.05) is 57.7 Å². The predicted molar refractivity (Wildman–Crippen MR) is 160 cm³/mol. The summed E-state index contributed by atoms with van der Waals surface area (Å²) in [5, 5.41) is 18.1. The summed E-state index contributed by atoms with van der Waals surface area (Å²) in [7, 11) is 0. The van der Waals surface area contributed by atoms with E-state index in [-0.39, 0.29) is 23.3 Å². The normalized spacial score (nSPS) is 18.6. The molecule has 0 aromatic heterocycles. The topological polar surface area (TPSA) is 109 Å². The lowest BCUT2D eigenvalue weighted by Gasteiger charge is -2.21. The molecule has 2 aromatic carbocycles. The van der Waals surface area contributed by atoms with Crippen LogP contribution in [0, 0.1) is 11.3 Å². The van der Waals surface area contributed by atoms with Crippen LogP contribution in [0.4, 0.5) is 5.69 Å². The lowest BCUT2D eigenvalue weighted by Crippen LogP contribution is -2.35. The fourth-order valence-corrected chi connectivity index (χ4v) is 6.41. The molecule has 2 heterocycles. The van der Waals surface area contributed by atoms with E-state index >= 15 is 0 Å². The number of carbonyl (C=O) groups excluding carboxylic acids is 3. The van der Waals surface area contributed by atoms with Crippen LogP contribution in [0.1, 0.15) is 44.0 Å². The maximum absolute atomic E-state index is 13.1. The largest absolute Gasteiger partial charge is 0.383 e. The number of rotatable bonds is 11. The number of amides is 3. The van der Waals surface area contributed by atoms with Crippen molar-refractivity contribution in [1.29, 1.82) is 5.26 Å². The molecular weight excluding hydrogens is 524 g/mol. The average Bonchev–Trinajstić information content (AvgIpc) is 3.60. The molecule has 2 aliphatic heterocycles. The molecular formula is C30H38N6O3S. The Morgan fingerprint density at radius 2 is 1.77 bits per heavy atom. The molecule has 40 heavy (non-hydrogen) atoms. The minimum atomic E-state index is -0.454. The van der Waals surface area contributed by atoms with Gasteiger partial charge in [0.25, 0.3) is 11.8 Å². The van der Waals surface area contributed by atoms with Crippen LogP contribution in [0.15, 0.2) is 47.0 Å². The summed E-state index contributed by atoms with van der Waals surface area (Å²) in [6.07, 6.45) is 2.47. The van der Waals surface area contributed by atoms with Crippen LogP contribution in [0.25, 0.3) is 10.8 Å². The van der Waals surface area contributed by atoms with Crippen molar-refractivity contribution in [2.45, 2.75) is 38.9 Å². The van der Waals surface area contributed by atoms with Gasteiger partial charge in [0, 0.05) is 50.5 Å². The summed E-state index contributed by atoms with van der Waals surface area (Å²) in [6, 6.07) is 13.6.